The third-order valence-electron chi connectivity index (χ3n) is 5.33. The second-order valence-electron chi connectivity index (χ2n) is 16.2. The van der Waals surface area contributed by atoms with Crippen LogP contribution in [0.5, 0.6) is 0 Å². The van der Waals surface area contributed by atoms with Crippen molar-refractivity contribution in [2.24, 2.45) is 32.5 Å². The Balaban J connectivity index is -0.000000240. The topological polar surface area (TPSA) is 112 Å². The number of hydrogen-bond acceptors (Lipinski definition) is 6. The van der Waals surface area contributed by atoms with Crippen molar-refractivity contribution in [1.82, 2.24) is 0 Å². The van der Waals surface area contributed by atoms with E-state index in [1.165, 1.54) is 18.2 Å². The molecule has 0 fully saturated rings. The van der Waals surface area contributed by atoms with E-state index in [1.54, 1.807) is 0 Å². The normalized spacial score (nSPS) is 14.1. The van der Waals surface area contributed by atoms with Crippen LogP contribution >= 0.6 is 0 Å². The summed E-state index contributed by atoms with van der Waals surface area (Å²) in [5, 5.41) is 28.7. The quantitative estimate of drug-likeness (QED) is 0.159. The molecule has 0 saturated carbocycles. The summed E-state index contributed by atoms with van der Waals surface area (Å²) in [6, 6.07) is 0. The maximum absolute atomic E-state index is 11.5. The average Bonchev–Trinajstić information content (AvgIpc) is 2.64. The zero-order chi connectivity index (χ0) is 32.6. The molecule has 0 aromatic heterocycles. The van der Waals surface area contributed by atoms with E-state index >= 15 is 0 Å². The largest absolute Gasteiger partial charge is 0.512 e. The Morgan fingerprint density at radius 1 is 0.350 bits per heavy atom. The molecule has 40 heavy (non-hydrogen) atoms. The number of carbonyl (C=O) groups excluding carboxylic acids is 3. The van der Waals surface area contributed by atoms with Gasteiger partial charge in [0.25, 0.3) is 0 Å². The molecule has 0 aliphatic heterocycles. The van der Waals surface area contributed by atoms with Crippen molar-refractivity contribution in [2.45, 2.75) is 125 Å². The summed E-state index contributed by atoms with van der Waals surface area (Å²) in [4.78, 5) is 34.5. The maximum atomic E-state index is 11.5. The van der Waals surface area contributed by atoms with E-state index < -0.39 is 16.2 Å². The Morgan fingerprint density at radius 3 is 0.550 bits per heavy atom. The molecule has 7 heteroatoms. The number of aliphatic hydroxyl groups excluding tert-OH is 3. The molecular weight excluding hydrogens is 593 g/mol. The zero-order valence-electron chi connectivity index (χ0n) is 28.7. The molecule has 0 aromatic carbocycles. The van der Waals surface area contributed by atoms with Crippen LogP contribution < -0.4 is 0 Å². The average molecular weight is 654 g/mol. The van der Waals surface area contributed by atoms with Gasteiger partial charge >= 0.3 is 0 Å². The third kappa shape index (κ3) is 21.1. The Labute approximate surface area is 258 Å². The van der Waals surface area contributed by atoms with Crippen LogP contribution in [0.4, 0.5) is 0 Å². The fourth-order valence-corrected chi connectivity index (χ4v) is 1.67. The van der Waals surface area contributed by atoms with Crippen LogP contribution in [0.1, 0.15) is 125 Å². The fraction of sp³-hybridized carbons (Fsp3) is 0.727. The predicted octanol–water partition coefficient (Wildman–Crippen LogP) is 9.27. The van der Waals surface area contributed by atoms with Gasteiger partial charge in [-0.3, -0.25) is 14.4 Å². The second-order valence-corrected chi connectivity index (χ2v) is 16.2. The van der Waals surface area contributed by atoms with Crippen LogP contribution in [0.25, 0.3) is 0 Å². The Morgan fingerprint density at radius 2 is 0.475 bits per heavy atom. The summed E-state index contributed by atoms with van der Waals surface area (Å²) in [6.45, 7) is 33.3. The van der Waals surface area contributed by atoms with E-state index in [0.717, 1.165) is 0 Å². The summed E-state index contributed by atoms with van der Waals surface area (Å²) < 4.78 is 0. The first-order valence-corrected chi connectivity index (χ1v) is 13.5. The molecule has 0 aliphatic rings. The molecule has 0 amide bonds. The number of allylic oxidation sites excluding steroid dienone is 6. The molecule has 0 heterocycles. The van der Waals surface area contributed by atoms with Crippen molar-refractivity contribution in [3.63, 3.8) is 0 Å². The molecule has 0 radical (unpaired) electrons. The minimum atomic E-state index is -0.417. The van der Waals surface area contributed by atoms with Crippen molar-refractivity contribution < 1.29 is 49.2 Å². The van der Waals surface area contributed by atoms with Gasteiger partial charge in [0.2, 0.25) is 0 Å². The van der Waals surface area contributed by atoms with Crippen LogP contribution in [-0.2, 0) is 33.9 Å². The molecule has 0 atom stereocenters. The third-order valence-corrected chi connectivity index (χ3v) is 5.33. The monoisotopic (exact) mass is 654 g/mol. The second kappa shape index (κ2) is 16.0. The van der Waals surface area contributed by atoms with Gasteiger partial charge < -0.3 is 15.3 Å². The van der Waals surface area contributed by atoms with Gasteiger partial charge in [-0.05, 0) is 0 Å². The van der Waals surface area contributed by atoms with Crippen LogP contribution in [0.3, 0.4) is 0 Å². The van der Waals surface area contributed by atoms with E-state index in [0.29, 0.717) is 0 Å². The first kappa shape index (κ1) is 45.2. The summed E-state index contributed by atoms with van der Waals surface area (Å²) in [5.41, 5.74) is -2.29. The molecule has 0 spiro atoms. The molecule has 0 unspecified atom stereocenters. The van der Waals surface area contributed by atoms with Gasteiger partial charge in [-0.25, -0.2) is 0 Å². The summed E-state index contributed by atoms with van der Waals surface area (Å²) in [6.07, 6.45) is 4.00. The van der Waals surface area contributed by atoms with Crippen molar-refractivity contribution in [3.05, 3.63) is 35.5 Å². The number of rotatable bonds is 3. The van der Waals surface area contributed by atoms with Gasteiger partial charge in [0.15, 0.2) is 17.3 Å². The van der Waals surface area contributed by atoms with E-state index in [4.69, 9.17) is 0 Å². The Kier molecular flexibility index (Phi) is 18.1. The predicted molar refractivity (Wildman–Crippen MR) is 164 cm³/mol. The van der Waals surface area contributed by atoms with Gasteiger partial charge in [0, 0.05) is 70.2 Å². The van der Waals surface area contributed by atoms with E-state index in [-0.39, 0.29) is 70.4 Å². The molecule has 0 rings (SSSR count). The molecule has 0 aromatic rings. The van der Waals surface area contributed by atoms with E-state index in [1.807, 2.05) is 125 Å². The van der Waals surface area contributed by atoms with Crippen LogP contribution in [0.15, 0.2) is 35.5 Å². The maximum Gasteiger partial charge on any atom is 0.164 e. The fourth-order valence-electron chi connectivity index (χ4n) is 1.67. The van der Waals surface area contributed by atoms with Gasteiger partial charge in [0.05, 0.1) is 0 Å². The Hall–Kier alpha value is -1.75. The number of carbonyl (C=O) groups is 3. The molecule has 0 aliphatic carbocycles. The SMILES string of the molecule is CC(C)(C)C(=O)C=C(O)C(C)(C)C.CC(C)(C)C(=O)C=C(O)C(C)(C)C.CC(C)(C)C(=O)C=C(O)C(C)(C)C.[Ru]. The first-order valence-electron chi connectivity index (χ1n) is 13.5. The standard InChI is InChI=1S/3C11H20O2.Ru/c3*1-10(2,3)8(12)7-9(13)11(4,5)6;/h3*7,12H,1-6H3;. The minimum Gasteiger partial charge on any atom is -0.512 e. The molecule has 3 N–H and O–H groups in total. The minimum absolute atomic E-state index is 0. The van der Waals surface area contributed by atoms with E-state index in [2.05, 4.69) is 0 Å². The summed E-state index contributed by atoms with van der Waals surface area (Å²) >= 11 is 0. The van der Waals surface area contributed by atoms with Crippen LogP contribution in [0.2, 0.25) is 0 Å². The molecule has 236 valence electrons. The van der Waals surface area contributed by atoms with Crippen LogP contribution in [0, 0.1) is 32.5 Å². The smallest absolute Gasteiger partial charge is 0.164 e. The van der Waals surface area contributed by atoms with Crippen molar-refractivity contribution >= 4 is 17.3 Å². The van der Waals surface area contributed by atoms with Gasteiger partial charge in [0.1, 0.15) is 17.3 Å². The first-order chi connectivity index (χ1) is 16.6. The Bertz CT molecular complexity index is 801. The van der Waals surface area contributed by atoms with Crippen molar-refractivity contribution in [2.75, 3.05) is 0 Å². The number of aliphatic hydroxyl groups is 3. The molecule has 0 bridgehead atoms. The number of hydrogen-bond donors (Lipinski definition) is 3. The molecule has 6 nitrogen and oxygen atoms in total. The summed E-state index contributed by atoms with van der Waals surface area (Å²) in [5.74, 6) is 0.312. The zero-order valence-corrected chi connectivity index (χ0v) is 30.4. The number of ketones is 3. The molecule has 0 saturated heterocycles. The van der Waals surface area contributed by atoms with Gasteiger partial charge in [-0.15, -0.1) is 0 Å². The molecular formula is C33H60O6Ru. The summed E-state index contributed by atoms with van der Waals surface area (Å²) in [7, 11) is 0. The van der Waals surface area contributed by atoms with Gasteiger partial charge in [-0.1, -0.05) is 125 Å². The van der Waals surface area contributed by atoms with Crippen LogP contribution in [-0.4, -0.2) is 32.7 Å². The van der Waals surface area contributed by atoms with E-state index in [9.17, 15) is 29.7 Å². The van der Waals surface area contributed by atoms with Crippen molar-refractivity contribution in [1.29, 1.82) is 0 Å². The van der Waals surface area contributed by atoms with Crippen molar-refractivity contribution in [3.8, 4) is 0 Å². The van der Waals surface area contributed by atoms with Gasteiger partial charge in [-0.2, -0.15) is 0 Å².